The Morgan fingerprint density at radius 2 is 1.72 bits per heavy atom. The number of benzene rings is 2. The van der Waals surface area contributed by atoms with Crippen molar-refractivity contribution < 1.29 is 14.0 Å². The van der Waals surface area contributed by atoms with Crippen molar-refractivity contribution in [3.05, 3.63) is 71.9 Å². The molecule has 0 bridgehead atoms. The highest BCUT2D eigenvalue weighted by molar-refractivity contribution is 5.85. The molecule has 4 rings (SSSR count). The van der Waals surface area contributed by atoms with Crippen LogP contribution < -0.4 is 14.8 Å². The van der Waals surface area contributed by atoms with E-state index in [1.165, 1.54) is 0 Å². The number of nitrogens with zero attached hydrogens (tertiary/aromatic N) is 3. The van der Waals surface area contributed by atoms with Crippen LogP contribution in [0.25, 0.3) is 0 Å². The summed E-state index contributed by atoms with van der Waals surface area (Å²) in [6, 6.07) is 17.7. The van der Waals surface area contributed by atoms with E-state index in [0.717, 1.165) is 36.7 Å². The van der Waals surface area contributed by atoms with E-state index < -0.39 is 0 Å². The molecule has 1 fully saturated rings. The molecular formula is C21H25ClN4O3. The Morgan fingerprint density at radius 1 is 1.03 bits per heavy atom. The van der Waals surface area contributed by atoms with E-state index >= 15 is 0 Å². The number of hydrogen-bond donors (Lipinski definition) is 1. The fourth-order valence-corrected chi connectivity index (χ4v) is 3.07. The molecule has 1 aliphatic rings. The minimum Gasteiger partial charge on any atom is -0.489 e. The van der Waals surface area contributed by atoms with Crippen LogP contribution in [-0.4, -0.2) is 41.7 Å². The van der Waals surface area contributed by atoms with Crippen LogP contribution in [-0.2, 0) is 13.2 Å². The van der Waals surface area contributed by atoms with Crippen LogP contribution in [0, 0.1) is 0 Å². The SMILES string of the molecule is CN1CCNCC1c1noc(COc2ccc(OCc3ccccc3)cc2)n1.Cl. The zero-order valence-corrected chi connectivity index (χ0v) is 17.1. The molecule has 1 aromatic heterocycles. The topological polar surface area (TPSA) is 72.7 Å². The van der Waals surface area contributed by atoms with Crippen molar-refractivity contribution in [2.75, 3.05) is 26.7 Å². The molecule has 0 amide bonds. The Kier molecular flexibility index (Phi) is 7.46. The summed E-state index contributed by atoms with van der Waals surface area (Å²) in [5.74, 6) is 2.68. The van der Waals surface area contributed by atoms with Gasteiger partial charge < -0.3 is 19.3 Å². The quantitative estimate of drug-likeness (QED) is 0.633. The zero-order valence-electron chi connectivity index (χ0n) is 16.3. The fraction of sp³-hybridized carbons (Fsp3) is 0.333. The standard InChI is InChI=1S/C21H24N4O3.ClH/c1-25-12-11-22-13-19(25)21-23-20(28-24-21)15-27-18-9-7-17(8-10-18)26-14-16-5-3-2-4-6-16;/h2-10,19,22H,11-15H2,1H3;1H. The molecular weight excluding hydrogens is 392 g/mol. The van der Waals surface area contributed by atoms with Gasteiger partial charge in [-0.25, -0.2) is 0 Å². The predicted molar refractivity (Wildman–Crippen MR) is 111 cm³/mol. The first-order valence-electron chi connectivity index (χ1n) is 9.41. The summed E-state index contributed by atoms with van der Waals surface area (Å²) in [6.45, 7) is 3.54. The van der Waals surface area contributed by atoms with E-state index in [1.54, 1.807) is 0 Å². The normalized spacial score (nSPS) is 16.8. The van der Waals surface area contributed by atoms with Gasteiger partial charge in [0, 0.05) is 19.6 Å². The molecule has 29 heavy (non-hydrogen) atoms. The monoisotopic (exact) mass is 416 g/mol. The molecule has 2 heterocycles. The number of halogens is 1. The molecule has 0 radical (unpaired) electrons. The highest BCUT2D eigenvalue weighted by atomic mass is 35.5. The highest BCUT2D eigenvalue weighted by Gasteiger charge is 2.25. The van der Waals surface area contributed by atoms with E-state index in [9.17, 15) is 0 Å². The number of rotatable bonds is 7. The molecule has 154 valence electrons. The van der Waals surface area contributed by atoms with Gasteiger partial charge in [0.2, 0.25) is 0 Å². The Hall–Kier alpha value is -2.61. The van der Waals surface area contributed by atoms with Crippen molar-refractivity contribution in [1.82, 2.24) is 20.4 Å². The zero-order chi connectivity index (χ0) is 19.2. The number of nitrogens with one attached hydrogen (secondary N) is 1. The summed E-state index contributed by atoms with van der Waals surface area (Å²) in [7, 11) is 2.07. The average molecular weight is 417 g/mol. The van der Waals surface area contributed by atoms with Gasteiger partial charge in [-0.3, -0.25) is 4.90 Å². The molecule has 0 spiro atoms. The van der Waals surface area contributed by atoms with Gasteiger partial charge in [-0.1, -0.05) is 35.5 Å². The van der Waals surface area contributed by atoms with Crippen LogP contribution in [0.4, 0.5) is 0 Å². The molecule has 1 atom stereocenters. The average Bonchev–Trinajstić information content (AvgIpc) is 3.21. The van der Waals surface area contributed by atoms with Gasteiger partial charge >= 0.3 is 0 Å². The summed E-state index contributed by atoms with van der Waals surface area (Å²) < 4.78 is 16.9. The smallest absolute Gasteiger partial charge is 0.264 e. The maximum absolute atomic E-state index is 5.78. The van der Waals surface area contributed by atoms with E-state index in [0.29, 0.717) is 18.3 Å². The first-order valence-corrected chi connectivity index (χ1v) is 9.41. The fourth-order valence-electron chi connectivity index (χ4n) is 3.07. The minimum absolute atomic E-state index is 0. The van der Waals surface area contributed by atoms with Crippen LogP contribution in [0.3, 0.4) is 0 Å². The van der Waals surface area contributed by atoms with Gasteiger partial charge in [-0.05, 0) is 36.9 Å². The Balaban J connectivity index is 0.00000240. The largest absolute Gasteiger partial charge is 0.489 e. The predicted octanol–water partition coefficient (Wildman–Crippen LogP) is 3.23. The maximum Gasteiger partial charge on any atom is 0.264 e. The third-order valence-corrected chi connectivity index (χ3v) is 4.73. The van der Waals surface area contributed by atoms with Crippen molar-refractivity contribution in [2.24, 2.45) is 0 Å². The van der Waals surface area contributed by atoms with Gasteiger partial charge in [0.05, 0.1) is 6.04 Å². The molecule has 0 saturated carbocycles. The summed E-state index contributed by atoms with van der Waals surface area (Å²) in [5.41, 5.74) is 1.13. The van der Waals surface area contributed by atoms with Crippen molar-refractivity contribution in [1.29, 1.82) is 0 Å². The lowest BCUT2D eigenvalue weighted by Gasteiger charge is -2.30. The molecule has 1 aliphatic heterocycles. The van der Waals surface area contributed by atoms with Crippen LogP contribution in [0.15, 0.2) is 59.1 Å². The van der Waals surface area contributed by atoms with Gasteiger partial charge in [-0.2, -0.15) is 4.98 Å². The summed E-state index contributed by atoms with van der Waals surface area (Å²) in [4.78, 5) is 6.69. The van der Waals surface area contributed by atoms with Crippen molar-refractivity contribution >= 4 is 12.4 Å². The molecule has 7 nitrogen and oxygen atoms in total. The number of aromatic nitrogens is 2. The number of piperazine rings is 1. The summed E-state index contributed by atoms with van der Waals surface area (Å²) in [5, 5.41) is 7.45. The molecule has 3 aromatic rings. The maximum atomic E-state index is 5.78. The van der Waals surface area contributed by atoms with Gasteiger partial charge in [0.1, 0.15) is 18.1 Å². The highest BCUT2D eigenvalue weighted by Crippen LogP contribution is 2.21. The van der Waals surface area contributed by atoms with Crippen molar-refractivity contribution in [3.8, 4) is 11.5 Å². The van der Waals surface area contributed by atoms with E-state index in [2.05, 4.69) is 27.4 Å². The van der Waals surface area contributed by atoms with E-state index in [-0.39, 0.29) is 25.1 Å². The third-order valence-electron chi connectivity index (χ3n) is 4.73. The van der Waals surface area contributed by atoms with Crippen LogP contribution in [0.1, 0.15) is 23.3 Å². The Morgan fingerprint density at radius 3 is 2.41 bits per heavy atom. The lowest BCUT2D eigenvalue weighted by Crippen LogP contribution is -2.44. The van der Waals surface area contributed by atoms with E-state index in [1.807, 2.05) is 54.6 Å². The molecule has 8 heteroatoms. The number of hydrogen-bond acceptors (Lipinski definition) is 7. The Labute approximate surface area is 176 Å². The van der Waals surface area contributed by atoms with Crippen LogP contribution in [0.2, 0.25) is 0 Å². The molecule has 1 unspecified atom stereocenters. The Bertz CT molecular complexity index is 873. The lowest BCUT2D eigenvalue weighted by molar-refractivity contribution is 0.189. The number of likely N-dealkylation sites (N-methyl/N-ethyl adjacent to an activating group) is 1. The second-order valence-electron chi connectivity index (χ2n) is 6.78. The molecule has 2 aromatic carbocycles. The lowest BCUT2D eigenvalue weighted by atomic mass is 10.2. The van der Waals surface area contributed by atoms with Crippen LogP contribution in [0.5, 0.6) is 11.5 Å². The summed E-state index contributed by atoms with van der Waals surface area (Å²) >= 11 is 0. The minimum atomic E-state index is 0. The first kappa shape index (κ1) is 21.1. The van der Waals surface area contributed by atoms with E-state index in [4.69, 9.17) is 14.0 Å². The second-order valence-corrected chi connectivity index (χ2v) is 6.78. The van der Waals surface area contributed by atoms with Gasteiger partial charge in [-0.15, -0.1) is 12.4 Å². The third kappa shape index (κ3) is 5.69. The van der Waals surface area contributed by atoms with Gasteiger partial charge in [0.25, 0.3) is 5.89 Å². The van der Waals surface area contributed by atoms with Gasteiger partial charge in [0.15, 0.2) is 12.4 Å². The molecule has 1 saturated heterocycles. The number of ether oxygens (including phenoxy) is 2. The van der Waals surface area contributed by atoms with Crippen molar-refractivity contribution in [2.45, 2.75) is 19.3 Å². The molecule has 0 aliphatic carbocycles. The summed E-state index contributed by atoms with van der Waals surface area (Å²) in [6.07, 6.45) is 0. The van der Waals surface area contributed by atoms with Crippen LogP contribution >= 0.6 is 12.4 Å². The van der Waals surface area contributed by atoms with Crippen molar-refractivity contribution in [3.63, 3.8) is 0 Å². The molecule has 1 N–H and O–H groups in total. The second kappa shape index (κ2) is 10.2. The first-order chi connectivity index (χ1) is 13.8.